The van der Waals surface area contributed by atoms with Gasteiger partial charge in [-0.15, -0.1) is 0 Å². The third-order valence-electron chi connectivity index (χ3n) is 26.8. The van der Waals surface area contributed by atoms with E-state index in [0.29, 0.717) is 6.16 Å². The molecule has 20 heteroatoms. The molecular weight excluding hydrogens is 1820 g/mol. The molecule has 0 aliphatic rings. The number of rotatable bonds is 8. The second-order valence-corrected chi connectivity index (χ2v) is 59.6. The van der Waals surface area contributed by atoms with Crippen LogP contribution in [-0.2, 0) is 44.6 Å². The Hall–Kier alpha value is -13.5. The van der Waals surface area contributed by atoms with Crippen LogP contribution >= 0.6 is 32.4 Å². The predicted octanol–water partition coefficient (Wildman–Crippen LogP) is 27.3. The second-order valence-electron chi connectivity index (χ2n) is 36.2. The summed E-state index contributed by atoms with van der Waals surface area (Å²) in [5.74, 6) is 0. The van der Waals surface area contributed by atoms with E-state index in [1.807, 2.05) is 105 Å². The van der Waals surface area contributed by atoms with Crippen molar-refractivity contribution in [1.29, 1.82) is 0 Å². The second kappa shape index (κ2) is 33.8. The molecule has 0 saturated carbocycles. The Bertz CT molecular complexity index is 9710. The lowest BCUT2D eigenvalue weighted by molar-refractivity contribution is 0.587. The lowest BCUT2D eigenvalue weighted by Crippen LogP contribution is -2.17. The van der Waals surface area contributed by atoms with Crippen LogP contribution < -0.4 is 37.1 Å². The Morgan fingerprint density at radius 3 is 0.838 bits per heavy atom. The molecule has 27 rings (SSSR count). The summed E-state index contributed by atoms with van der Waals surface area (Å²) in [5, 5.41) is 25.7. The van der Waals surface area contributed by atoms with E-state index in [1.165, 1.54) is 102 Å². The Morgan fingerprint density at radius 1 is 0.206 bits per heavy atom. The lowest BCUT2D eigenvalue weighted by atomic mass is 10.1. The number of imidazole rings is 5. The number of fused-ring (bicyclic) bond motifs is 40. The molecule has 2 unspecified atom stereocenters. The van der Waals surface area contributed by atoms with Crippen molar-refractivity contribution in [3.05, 3.63) is 394 Å². The number of nitrogens with zero attached hydrogens (tertiary/aromatic N) is 10. The zero-order valence-electron chi connectivity index (χ0n) is 76.0. The Kier molecular flexibility index (Phi) is 21.5. The van der Waals surface area contributed by atoms with E-state index >= 15 is 0 Å². The quantitative estimate of drug-likeness (QED) is 0.107. The van der Waals surface area contributed by atoms with E-state index in [-0.39, 0.29) is 0 Å². The molecule has 0 aliphatic heterocycles. The molecular formula is C116H91N10O2P5S3. The fourth-order valence-corrected chi connectivity index (χ4v) is 28.1. The summed E-state index contributed by atoms with van der Waals surface area (Å²) in [5.41, 5.74) is 21.1. The molecule has 27 aromatic rings. The molecule has 0 bridgehead atoms. The predicted molar refractivity (Wildman–Crippen MR) is 599 cm³/mol. The van der Waals surface area contributed by atoms with Crippen molar-refractivity contribution in [3.63, 3.8) is 0 Å². The number of benzene rings is 17. The standard InChI is InChI=1S/C27H21N2OP.C26H19N2PS.C21H17N2OP.2C21H17N2PS/c1-2-31(30,19-10-4-3-5-11-19)20-16-17-24-26(18-20)29-25-15-9-8-13-22(25)21-12-6-7-14-23(21)27(29)28-24;1-29(30,18-9-3-2-4-10-18)19-15-16-20-21-11-5-7-13-24(21)28-25-14-8-6-12-23(25)27-26(28)22(20)17-19;1-25(2,24)14-11-12-18-20(13-14)23-19-10-6-5-8-16(19)15-7-3-4-9-17(15)21(23)22-18;1-24(2,25)14-11-12-18-20(13-14)23-19-10-6-5-8-16(19)15-7-3-4-9-17(15)21(23)22-18;1-24(2,25)14-11-12-16-15-7-3-4-8-17(15)21-22-18-9-5-6-10-19(18)23(21)20(16)13-14/h3-18H,2H2,1H3;2-17H,1H3;3*3-13H,1-2H3. The molecule has 0 spiro atoms. The van der Waals surface area contributed by atoms with E-state index in [0.717, 1.165) is 127 Å². The summed E-state index contributed by atoms with van der Waals surface area (Å²) in [6, 6.07) is 132. The van der Waals surface area contributed by atoms with E-state index in [4.69, 9.17) is 60.3 Å². The van der Waals surface area contributed by atoms with Crippen LogP contribution in [0.2, 0.25) is 0 Å². The minimum absolute atomic E-state index is 0.586. The normalized spacial score (nSPS) is 13.1. The Morgan fingerprint density at radius 2 is 0.456 bits per heavy atom. The lowest BCUT2D eigenvalue weighted by Gasteiger charge is -2.19. The summed E-state index contributed by atoms with van der Waals surface area (Å²) >= 11 is 17.8. The molecule has 0 aliphatic carbocycles. The van der Waals surface area contributed by atoms with Crippen molar-refractivity contribution in [1.82, 2.24) is 46.9 Å². The molecule has 0 saturated heterocycles. The summed E-state index contributed by atoms with van der Waals surface area (Å²) in [6.07, 6.45) is 0.586. The molecule has 0 fully saturated rings. The van der Waals surface area contributed by atoms with Gasteiger partial charge in [0.25, 0.3) is 0 Å². The molecule has 0 amide bonds. The van der Waals surface area contributed by atoms with Gasteiger partial charge < -0.3 is 9.13 Å². The number of para-hydroxylation sites is 8. The van der Waals surface area contributed by atoms with Crippen LogP contribution in [0.15, 0.2) is 394 Å². The maximum Gasteiger partial charge on any atom is 0.146 e. The Labute approximate surface area is 800 Å². The molecule has 0 radical (unpaired) electrons. The first-order valence-electron chi connectivity index (χ1n) is 45.5. The number of hydrogen-bond acceptors (Lipinski definition) is 10. The van der Waals surface area contributed by atoms with Gasteiger partial charge in [0, 0.05) is 82.0 Å². The molecule has 10 aromatic heterocycles. The van der Waals surface area contributed by atoms with Crippen molar-refractivity contribution in [2.75, 3.05) is 52.8 Å². The minimum Gasteiger partial charge on any atom is -0.319 e. The smallest absolute Gasteiger partial charge is 0.146 e. The number of pyridine rings is 5. The van der Waals surface area contributed by atoms with Crippen LogP contribution in [-0.4, -0.2) is 99.7 Å². The van der Waals surface area contributed by atoms with Gasteiger partial charge >= 0.3 is 0 Å². The van der Waals surface area contributed by atoms with Gasteiger partial charge in [0.05, 0.1) is 82.8 Å². The van der Waals surface area contributed by atoms with Crippen molar-refractivity contribution in [2.45, 2.75) is 6.92 Å². The third kappa shape index (κ3) is 14.7. The fraction of sp³-hybridized carbons (Fsp3) is 0.0776. The van der Waals surface area contributed by atoms with Gasteiger partial charge in [0.2, 0.25) is 0 Å². The third-order valence-corrected chi connectivity index (χ3v) is 39.6. The van der Waals surface area contributed by atoms with Crippen molar-refractivity contribution in [2.24, 2.45) is 0 Å². The zero-order valence-corrected chi connectivity index (χ0v) is 82.9. The molecule has 0 N–H and O–H groups in total. The highest BCUT2D eigenvalue weighted by Crippen LogP contribution is 2.48. The minimum atomic E-state index is -2.71. The first kappa shape index (κ1) is 86.6. The van der Waals surface area contributed by atoms with Crippen molar-refractivity contribution < 1.29 is 9.13 Å². The van der Waals surface area contributed by atoms with Crippen LogP contribution in [0, 0.1) is 0 Å². The van der Waals surface area contributed by atoms with Crippen molar-refractivity contribution >= 4 is 297 Å². The molecule has 10 heterocycles. The largest absolute Gasteiger partial charge is 0.319 e. The monoisotopic (exact) mass is 1910 g/mol. The van der Waals surface area contributed by atoms with Gasteiger partial charge in [-0.2, -0.15) is 0 Å². The first-order valence-corrected chi connectivity index (χ1v) is 60.6. The van der Waals surface area contributed by atoms with Crippen molar-refractivity contribution in [3.8, 4) is 0 Å². The van der Waals surface area contributed by atoms with E-state index < -0.39 is 32.4 Å². The van der Waals surface area contributed by atoms with Gasteiger partial charge in [-0.05, 0) is 216 Å². The molecule has 660 valence electrons. The fourth-order valence-electron chi connectivity index (χ4n) is 20.0. The van der Waals surface area contributed by atoms with E-state index in [9.17, 15) is 9.13 Å². The van der Waals surface area contributed by atoms with Crippen LogP contribution in [0.4, 0.5) is 0 Å². The summed E-state index contributed by atoms with van der Waals surface area (Å²) in [7, 11) is -5.04. The first-order chi connectivity index (χ1) is 66.0. The Balaban J connectivity index is 0.0000000959. The molecule has 17 aromatic carbocycles. The van der Waals surface area contributed by atoms with Crippen LogP contribution in [0.1, 0.15) is 6.92 Å². The van der Waals surface area contributed by atoms with E-state index in [2.05, 4.69) is 365 Å². The van der Waals surface area contributed by atoms with E-state index in [1.54, 1.807) is 0 Å². The van der Waals surface area contributed by atoms with Gasteiger partial charge in [0.1, 0.15) is 42.5 Å². The topological polar surface area (TPSA) is 121 Å². The highest BCUT2D eigenvalue weighted by Gasteiger charge is 2.29. The number of aromatic nitrogens is 10. The maximum absolute atomic E-state index is 14.1. The molecule has 136 heavy (non-hydrogen) atoms. The van der Waals surface area contributed by atoms with Gasteiger partial charge in [0.15, 0.2) is 0 Å². The van der Waals surface area contributed by atoms with Gasteiger partial charge in [-0.1, -0.05) is 327 Å². The average Bonchev–Trinajstić information content (AvgIpc) is 1.56. The number of hydrogen-bond donors (Lipinski definition) is 0. The molecule has 2 atom stereocenters. The highest BCUT2D eigenvalue weighted by atomic mass is 32.4. The van der Waals surface area contributed by atoms with Crippen LogP contribution in [0.3, 0.4) is 0 Å². The zero-order chi connectivity index (χ0) is 92.8. The van der Waals surface area contributed by atoms with Gasteiger partial charge in [-0.25, -0.2) is 24.9 Å². The van der Waals surface area contributed by atoms with Gasteiger partial charge in [-0.3, -0.25) is 22.0 Å². The average molecular weight is 1910 g/mol. The maximum atomic E-state index is 14.1. The highest BCUT2D eigenvalue weighted by molar-refractivity contribution is 8.21. The molecule has 12 nitrogen and oxygen atoms in total. The summed E-state index contributed by atoms with van der Waals surface area (Å²) in [4.78, 5) is 24.8. The summed E-state index contributed by atoms with van der Waals surface area (Å²) in [6.45, 7) is 16.6. The SMILES string of the molecule is CCP(=O)(c1ccccc1)c1ccc2nc3c4ccccc4c4ccccc4n3c2c1.CP(=S)(c1ccccc1)c1ccc2c3ccccc3n3c4ccccc4nc3c2c1.CP(C)(=O)c1ccc2nc3c4ccccc4c4ccccc4n3c2c1.CP(C)(=S)c1ccc2c3ccccc3c3nc4ccccc4n3c2c1.CP(C)(=S)c1ccc2nc3c4ccccc4c4ccccc4n3c2c1. The van der Waals surface area contributed by atoms with Crippen LogP contribution in [0.5, 0.6) is 0 Å². The van der Waals surface area contributed by atoms with Crippen LogP contribution in [0.25, 0.3) is 192 Å². The summed E-state index contributed by atoms with van der Waals surface area (Å²) < 4.78 is 38.0.